The molecule has 27 heavy (non-hydrogen) atoms. The van der Waals surface area contributed by atoms with Crippen LogP contribution in [0.1, 0.15) is 5.56 Å². The molecule has 2 N–H and O–H groups in total. The van der Waals surface area contributed by atoms with Gasteiger partial charge in [-0.05, 0) is 48.6 Å². The van der Waals surface area contributed by atoms with Gasteiger partial charge in [-0.3, -0.25) is 9.59 Å². The Kier molecular flexibility index (Phi) is 5.21. The Labute approximate surface area is 155 Å². The summed E-state index contributed by atoms with van der Waals surface area (Å²) in [5.74, 6) is -0.258. The highest BCUT2D eigenvalue weighted by Gasteiger charge is 2.18. The zero-order valence-electron chi connectivity index (χ0n) is 14.5. The third-order valence-corrected chi connectivity index (χ3v) is 3.89. The van der Waals surface area contributed by atoms with E-state index in [1.54, 1.807) is 31.4 Å². The second-order valence-electron chi connectivity index (χ2n) is 5.70. The van der Waals surface area contributed by atoms with Crippen molar-refractivity contribution >= 4 is 29.3 Å². The van der Waals surface area contributed by atoms with Crippen LogP contribution >= 0.6 is 0 Å². The first-order chi connectivity index (χ1) is 13.0. The highest BCUT2D eigenvalue weighted by molar-refractivity contribution is 6.08. The minimum absolute atomic E-state index is 0.0540. The van der Waals surface area contributed by atoms with E-state index < -0.39 is 17.6 Å². The van der Waals surface area contributed by atoms with Crippen molar-refractivity contribution in [2.24, 2.45) is 0 Å². The summed E-state index contributed by atoms with van der Waals surface area (Å²) >= 11 is 0. The van der Waals surface area contributed by atoms with E-state index >= 15 is 0 Å². The van der Waals surface area contributed by atoms with Crippen molar-refractivity contribution < 1.29 is 23.5 Å². The van der Waals surface area contributed by atoms with E-state index in [1.165, 1.54) is 12.1 Å². The molecule has 0 unspecified atom stereocenters. The Hall–Kier alpha value is -3.61. The minimum Gasteiger partial charge on any atom is -0.497 e. The van der Waals surface area contributed by atoms with Crippen molar-refractivity contribution in [3.8, 4) is 11.5 Å². The second-order valence-corrected chi connectivity index (χ2v) is 5.70. The highest BCUT2D eigenvalue weighted by Crippen LogP contribution is 2.30. The van der Waals surface area contributed by atoms with Gasteiger partial charge in [0.25, 0.3) is 5.91 Å². The van der Waals surface area contributed by atoms with E-state index in [0.29, 0.717) is 22.8 Å². The maximum absolute atomic E-state index is 13.8. The molecule has 138 valence electrons. The standard InChI is InChI=1S/C20H17FN2O4/c1-3-19(24)23-17-10-14(4-6-16(17)21)22-20(25)13-8-12-9-15(26-2)5-7-18(12)27-11-13/h3-10H,1,11H2,2H3,(H,22,25)(H,23,24). The summed E-state index contributed by atoms with van der Waals surface area (Å²) in [7, 11) is 1.56. The van der Waals surface area contributed by atoms with Crippen LogP contribution in [0, 0.1) is 5.82 Å². The van der Waals surface area contributed by atoms with Crippen LogP contribution in [-0.2, 0) is 9.59 Å². The zero-order chi connectivity index (χ0) is 19.4. The quantitative estimate of drug-likeness (QED) is 0.794. The highest BCUT2D eigenvalue weighted by atomic mass is 19.1. The van der Waals surface area contributed by atoms with Gasteiger partial charge in [0.1, 0.15) is 23.9 Å². The van der Waals surface area contributed by atoms with Gasteiger partial charge in [0.15, 0.2) is 0 Å². The fourth-order valence-corrected chi connectivity index (χ4v) is 2.51. The van der Waals surface area contributed by atoms with Crippen molar-refractivity contribution in [1.29, 1.82) is 0 Å². The van der Waals surface area contributed by atoms with E-state index in [4.69, 9.17) is 9.47 Å². The molecule has 1 heterocycles. The molecule has 0 radical (unpaired) electrons. The molecule has 0 aromatic heterocycles. The molecular formula is C20H17FN2O4. The average molecular weight is 368 g/mol. The first kappa shape index (κ1) is 18.2. The van der Waals surface area contributed by atoms with Gasteiger partial charge in [0, 0.05) is 11.3 Å². The van der Waals surface area contributed by atoms with Crippen LogP contribution in [0.3, 0.4) is 0 Å². The number of hydrogen-bond acceptors (Lipinski definition) is 4. The fraction of sp³-hybridized carbons (Fsp3) is 0.100. The number of halogens is 1. The van der Waals surface area contributed by atoms with Crippen LogP contribution in [-0.4, -0.2) is 25.5 Å². The number of nitrogens with one attached hydrogen (secondary N) is 2. The molecule has 0 bridgehead atoms. The molecule has 1 aliphatic rings. The van der Waals surface area contributed by atoms with E-state index in [1.807, 2.05) is 0 Å². The van der Waals surface area contributed by atoms with Crippen LogP contribution in [0.2, 0.25) is 0 Å². The number of amides is 2. The molecule has 6 nitrogen and oxygen atoms in total. The number of rotatable bonds is 5. The molecule has 0 atom stereocenters. The Morgan fingerprint density at radius 2 is 2.04 bits per heavy atom. The van der Waals surface area contributed by atoms with Crippen LogP contribution in [0.15, 0.2) is 54.6 Å². The van der Waals surface area contributed by atoms with Gasteiger partial charge >= 0.3 is 0 Å². The number of hydrogen-bond donors (Lipinski definition) is 2. The number of benzene rings is 2. The largest absolute Gasteiger partial charge is 0.497 e. The van der Waals surface area contributed by atoms with Crippen LogP contribution < -0.4 is 20.1 Å². The Morgan fingerprint density at radius 1 is 1.22 bits per heavy atom. The number of carbonyl (C=O) groups excluding carboxylic acids is 2. The van der Waals surface area contributed by atoms with Gasteiger partial charge in [0.2, 0.25) is 5.91 Å². The SMILES string of the molecule is C=CC(=O)Nc1cc(NC(=O)C2=Cc3cc(OC)ccc3OC2)ccc1F. The zero-order valence-corrected chi connectivity index (χ0v) is 14.5. The van der Waals surface area contributed by atoms with Gasteiger partial charge < -0.3 is 20.1 Å². The third-order valence-electron chi connectivity index (χ3n) is 3.89. The Morgan fingerprint density at radius 3 is 2.78 bits per heavy atom. The topological polar surface area (TPSA) is 76.7 Å². The summed E-state index contributed by atoms with van der Waals surface area (Å²) in [6, 6.07) is 9.19. The van der Waals surface area contributed by atoms with Gasteiger partial charge in [0.05, 0.1) is 18.4 Å². The Balaban J connectivity index is 1.79. The van der Waals surface area contributed by atoms with Crippen LogP contribution in [0.5, 0.6) is 11.5 Å². The summed E-state index contributed by atoms with van der Waals surface area (Å²) < 4.78 is 24.6. The molecule has 2 amide bonds. The number of anilines is 2. The first-order valence-electron chi connectivity index (χ1n) is 8.06. The lowest BCUT2D eigenvalue weighted by Crippen LogP contribution is -2.21. The smallest absolute Gasteiger partial charge is 0.255 e. The summed E-state index contributed by atoms with van der Waals surface area (Å²) in [6.45, 7) is 3.42. The molecule has 7 heteroatoms. The molecule has 1 aliphatic heterocycles. The van der Waals surface area contributed by atoms with Gasteiger partial charge in [-0.1, -0.05) is 6.58 Å². The maximum Gasteiger partial charge on any atom is 0.255 e. The molecule has 2 aromatic rings. The van der Waals surface area contributed by atoms with Crippen LogP contribution in [0.25, 0.3) is 6.08 Å². The number of methoxy groups -OCH3 is 1. The van der Waals surface area contributed by atoms with Crippen molar-refractivity contribution in [3.63, 3.8) is 0 Å². The fourth-order valence-electron chi connectivity index (χ4n) is 2.51. The van der Waals surface area contributed by atoms with Crippen molar-refractivity contribution in [3.05, 3.63) is 66.0 Å². The molecule has 3 rings (SSSR count). The molecule has 0 spiro atoms. The predicted octanol–water partition coefficient (Wildman–Crippen LogP) is 3.37. The van der Waals surface area contributed by atoms with E-state index in [2.05, 4.69) is 17.2 Å². The second kappa shape index (κ2) is 7.74. The van der Waals surface area contributed by atoms with Gasteiger partial charge in [-0.2, -0.15) is 0 Å². The number of ether oxygens (including phenoxy) is 2. The minimum atomic E-state index is -0.621. The van der Waals surface area contributed by atoms with Gasteiger partial charge in [-0.15, -0.1) is 0 Å². The molecular weight excluding hydrogens is 351 g/mol. The molecule has 0 saturated carbocycles. The van der Waals surface area contributed by atoms with E-state index in [-0.39, 0.29) is 12.3 Å². The van der Waals surface area contributed by atoms with Crippen molar-refractivity contribution in [2.75, 3.05) is 24.4 Å². The Bertz CT molecular complexity index is 953. The monoisotopic (exact) mass is 368 g/mol. The summed E-state index contributed by atoms with van der Waals surface area (Å²) in [4.78, 5) is 23.9. The molecule has 2 aromatic carbocycles. The van der Waals surface area contributed by atoms with Crippen LogP contribution in [0.4, 0.5) is 15.8 Å². The maximum atomic E-state index is 13.8. The normalized spacial score (nSPS) is 12.1. The third kappa shape index (κ3) is 4.14. The summed E-state index contributed by atoms with van der Waals surface area (Å²) in [6.07, 6.45) is 2.74. The first-order valence-corrected chi connectivity index (χ1v) is 8.06. The molecule has 0 saturated heterocycles. The number of carbonyl (C=O) groups is 2. The van der Waals surface area contributed by atoms with E-state index in [9.17, 15) is 14.0 Å². The van der Waals surface area contributed by atoms with Crippen molar-refractivity contribution in [1.82, 2.24) is 0 Å². The van der Waals surface area contributed by atoms with Crippen molar-refractivity contribution in [2.45, 2.75) is 0 Å². The lowest BCUT2D eigenvalue weighted by molar-refractivity contribution is -0.113. The molecule has 0 aliphatic carbocycles. The average Bonchev–Trinajstić information content (AvgIpc) is 2.69. The lowest BCUT2D eigenvalue weighted by Gasteiger charge is -2.18. The molecule has 0 fully saturated rings. The van der Waals surface area contributed by atoms with E-state index in [0.717, 1.165) is 17.7 Å². The predicted molar refractivity (Wildman–Crippen MR) is 100 cm³/mol. The summed E-state index contributed by atoms with van der Waals surface area (Å²) in [5, 5.41) is 5.01. The summed E-state index contributed by atoms with van der Waals surface area (Å²) in [5.41, 5.74) is 1.40. The number of fused-ring (bicyclic) bond motifs is 1. The van der Waals surface area contributed by atoms with Gasteiger partial charge in [-0.25, -0.2) is 4.39 Å². The lowest BCUT2D eigenvalue weighted by atomic mass is 10.1.